The molecule has 1 aliphatic rings. The molecule has 0 radical (unpaired) electrons. The van der Waals surface area contributed by atoms with Gasteiger partial charge in [-0.25, -0.2) is 0 Å². The van der Waals surface area contributed by atoms with E-state index in [-0.39, 0.29) is 6.04 Å². The molecule has 0 amide bonds. The number of hydrogen-bond acceptors (Lipinski definition) is 2. The van der Waals surface area contributed by atoms with Gasteiger partial charge >= 0.3 is 0 Å². The third-order valence-corrected chi connectivity index (χ3v) is 2.41. The van der Waals surface area contributed by atoms with E-state index in [2.05, 4.69) is 29.5 Å². The first kappa shape index (κ1) is 9.74. The molecule has 3 heteroatoms. The Morgan fingerprint density at radius 1 is 1.45 bits per heavy atom. The molecule has 1 saturated carbocycles. The maximum absolute atomic E-state index is 5.90. The van der Waals surface area contributed by atoms with Crippen LogP contribution in [0.25, 0.3) is 0 Å². The van der Waals surface area contributed by atoms with Crippen LogP contribution in [0.4, 0.5) is 0 Å². The summed E-state index contributed by atoms with van der Waals surface area (Å²) < 4.78 is 5.96. The normalized spacial score (nSPS) is 35.2. The molecule has 3 atom stereocenters. The average Bonchev–Trinajstić information content (AvgIpc) is 1.93. The molecule has 0 bridgehead atoms. The van der Waals surface area contributed by atoms with Gasteiger partial charge in [-0.05, 0) is 19.8 Å². The van der Waals surface area contributed by atoms with Crippen molar-refractivity contribution in [3.05, 3.63) is 0 Å². The first-order valence-corrected chi connectivity index (χ1v) is 5.50. The Bertz CT molecular complexity index is 119. The highest BCUT2D eigenvalue weighted by molar-refractivity contribution is 14.1. The van der Waals surface area contributed by atoms with Crippen molar-refractivity contribution in [2.24, 2.45) is 5.73 Å². The van der Waals surface area contributed by atoms with Crippen molar-refractivity contribution in [1.82, 2.24) is 0 Å². The van der Waals surface area contributed by atoms with Crippen molar-refractivity contribution in [1.29, 1.82) is 0 Å². The fraction of sp³-hybridized carbons (Fsp3) is 1.00. The molecular weight excluding hydrogens is 253 g/mol. The standard InChI is InChI=1S/C8H16INO/c1-6(9)11-8-5-3-2-4-7(8)10/h6-8H,2-5,10H2,1H3. The van der Waals surface area contributed by atoms with E-state index in [9.17, 15) is 0 Å². The first-order valence-electron chi connectivity index (χ1n) is 4.25. The van der Waals surface area contributed by atoms with E-state index in [0.717, 1.165) is 12.8 Å². The van der Waals surface area contributed by atoms with Crippen LogP contribution in [0.3, 0.4) is 0 Å². The minimum absolute atomic E-state index is 0.279. The lowest BCUT2D eigenvalue weighted by atomic mass is 9.93. The topological polar surface area (TPSA) is 35.2 Å². The summed E-state index contributed by atoms with van der Waals surface area (Å²) in [6.07, 6.45) is 5.15. The maximum Gasteiger partial charge on any atom is 0.106 e. The van der Waals surface area contributed by atoms with E-state index in [1.165, 1.54) is 12.8 Å². The van der Waals surface area contributed by atoms with Crippen LogP contribution < -0.4 is 5.73 Å². The molecule has 2 nitrogen and oxygen atoms in total. The van der Waals surface area contributed by atoms with Crippen LogP contribution in [0.15, 0.2) is 0 Å². The van der Waals surface area contributed by atoms with E-state index >= 15 is 0 Å². The molecule has 0 aliphatic heterocycles. The van der Waals surface area contributed by atoms with Crippen LogP contribution in [0, 0.1) is 0 Å². The van der Waals surface area contributed by atoms with Crippen molar-refractivity contribution in [2.45, 2.75) is 48.9 Å². The van der Waals surface area contributed by atoms with Crippen LogP contribution in [-0.2, 0) is 4.74 Å². The van der Waals surface area contributed by atoms with E-state index in [1.807, 2.05) is 0 Å². The molecular formula is C8H16INO. The van der Waals surface area contributed by atoms with Gasteiger partial charge in [-0.3, -0.25) is 0 Å². The second kappa shape index (κ2) is 4.62. The van der Waals surface area contributed by atoms with Gasteiger partial charge in [-0.2, -0.15) is 0 Å². The Morgan fingerprint density at radius 3 is 2.64 bits per heavy atom. The smallest absolute Gasteiger partial charge is 0.106 e. The Labute approximate surface area is 82.0 Å². The molecule has 0 heterocycles. The molecule has 66 valence electrons. The zero-order valence-corrected chi connectivity index (χ0v) is 9.08. The van der Waals surface area contributed by atoms with Crippen LogP contribution in [0.1, 0.15) is 32.6 Å². The second-order valence-corrected chi connectivity index (χ2v) is 4.92. The van der Waals surface area contributed by atoms with Crippen LogP contribution in [0.5, 0.6) is 0 Å². The van der Waals surface area contributed by atoms with Gasteiger partial charge in [-0.15, -0.1) is 0 Å². The fourth-order valence-electron chi connectivity index (χ4n) is 1.54. The van der Waals surface area contributed by atoms with E-state index in [1.54, 1.807) is 0 Å². The largest absolute Gasteiger partial charge is 0.363 e. The van der Waals surface area contributed by atoms with E-state index in [4.69, 9.17) is 10.5 Å². The van der Waals surface area contributed by atoms with Gasteiger partial charge in [0.15, 0.2) is 0 Å². The summed E-state index contributed by atoms with van der Waals surface area (Å²) in [5.41, 5.74) is 5.90. The van der Waals surface area contributed by atoms with Gasteiger partial charge < -0.3 is 10.5 Å². The fourth-order valence-corrected chi connectivity index (χ4v) is 1.91. The Balaban J connectivity index is 2.29. The quantitative estimate of drug-likeness (QED) is 0.615. The van der Waals surface area contributed by atoms with Gasteiger partial charge in [0.05, 0.1) is 6.10 Å². The number of halogens is 1. The molecule has 3 unspecified atom stereocenters. The summed E-state index contributed by atoms with van der Waals surface area (Å²) in [6.45, 7) is 2.06. The van der Waals surface area contributed by atoms with Gasteiger partial charge in [0.1, 0.15) is 4.11 Å². The summed E-state index contributed by atoms with van der Waals surface area (Å²) in [5.74, 6) is 0. The molecule has 0 aromatic rings. The molecule has 1 aliphatic carbocycles. The Morgan fingerprint density at radius 2 is 2.09 bits per heavy atom. The molecule has 0 spiro atoms. The minimum atomic E-state index is 0.279. The van der Waals surface area contributed by atoms with Crippen LogP contribution in [0.2, 0.25) is 0 Å². The highest BCUT2D eigenvalue weighted by atomic mass is 127. The summed E-state index contributed by atoms with van der Waals surface area (Å²) in [6, 6.07) is 0.279. The number of ether oxygens (including phenoxy) is 1. The Hall–Kier alpha value is 0.650. The molecule has 1 rings (SSSR count). The summed E-state index contributed by atoms with van der Waals surface area (Å²) in [4.78, 5) is 0. The maximum atomic E-state index is 5.90. The molecule has 2 N–H and O–H groups in total. The van der Waals surface area contributed by atoms with Gasteiger partial charge in [0.2, 0.25) is 0 Å². The lowest BCUT2D eigenvalue weighted by Gasteiger charge is -2.29. The number of nitrogens with two attached hydrogens (primary N) is 1. The van der Waals surface area contributed by atoms with Crippen molar-refractivity contribution < 1.29 is 4.74 Å². The first-order chi connectivity index (χ1) is 5.20. The van der Waals surface area contributed by atoms with Gasteiger partial charge in [-0.1, -0.05) is 35.4 Å². The van der Waals surface area contributed by atoms with Crippen LogP contribution >= 0.6 is 22.6 Å². The third kappa shape index (κ3) is 3.25. The van der Waals surface area contributed by atoms with Crippen molar-refractivity contribution in [2.75, 3.05) is 0 Å². The SMILES string of the molecule is CC(I)OC1CCCCC1N. The minimum Gasteiger partial charge on any atom is -0.363 e. The summed E-state index contributed by atoms with van der Waals surface area (Å²) in [5, 5.41) is 0. The number of rotatable bonds is 2. The third-order valence-electron chi connectivity index (χ3n) is 2.12. The molecule has 11 heavy (non-hydrogen) atoms. The average molecular weight is 269 g/mol. The van der Waals surface area contributed by atoms with Crippen LogP contribution in [-0.4, -0.2) is 16.3 Å². The highest BCUT2D eigenvalue weighted by Crippen LogP contribution is 2.21. The summed E-state index contributed by atoms with van der Waals surface area (Å²) in [7, 11) is 0. The predicted molar refractivity (Wildman–Crippen MR) is 54.8 cm³/mol. The van der Waals surface area contributed by atoms with Crippen molar-refractivity contribution in [3.63, 3.8) is 0 Å². The second-order valence-electron chi connectivity index (χ2n) is 3.17. The monoisotopic (exact) mass is 269 g/mol. The number of alkyl halides is 1. The number of hydrogen-bond donors (Lipinski definition) is 1. The highest BCUT2D eigenvalue weighted by Gasteiger charge is 2.23. The molecule has 1 fully saturated rings. The summed E-state index contributed by atoms with van der Waals surface area (Å²) >= 11 is 2.28. The zero-order chi connectivity index (χ0) is 8.27. The van der Waals surface area contributed by atoms with Gasteiger partial charge in [0.25, 0.3) is 0 Å². The molecule has 0 aromatic carbocycles. The van der Waals surface area contributed by atoms with E-state index < -0.39 is 0 Å². The molecule has 0 aromatic heterocycles. The lowest BCUT2D eigenvalue weighted by molar-refractivity contribution is 0.0140. The lowest BCUT2D eigenvalue weighted by Crippen LogP contribution is -2.40. The van der Waals surface area contributed by atoms with Gasteiger partial charge in [0, 0.05) is 6.04 Å². The molecule has 0 saturated heterocycles. The van der Waals surface area contributed by atoms with E-state index in [0.29, 0.717) is 10.2 Å². The van der Waals surface area contributed by atoms with Crippen molar-refractivity contribution in [3.8, 4) is 0 Å². The zero-order valence-electron chi connectivity index (χ0n) is 6.92. The predicted octanol–water partition coefficient (Wildman–Crippen LogP) is 2.05. The Kier molecular flexibility index (Phi) is 4.09. The van der Waals surface area contributed by atoms with Crippen molar-refractivity contribution >= 4 is 22.6 Å².